The minimum absolute atomic E-state index is 0.218. The molecule has 13 heavy (non-hydrogen) atoms. The summed E-state index contributed by atoms with van der Waals surface area (Å²) in [6.07, 6.45) is 8.88. The molecular formula is C11H20O2. The Bertz CT molecular complexity index is 137. The zero-order chi connectivity index (χ0) is 9.52. The van der Waals surface area contributed by atoms with Gasteiger partial charge in [-0.1, -0.05) is 26.2 Å². The molecule has 2 heteroatoms. The third kappa shape index (κ3) is 3.79. The van der Waals surface area contributed by atoms with Crippen LogP contribution in [-0.2, 0) is 9.53 Å². The normalized spacial score (nSPS) is 28.4. The average molecular weight is 184 g/mol. The number of rotatable bonds is 5. The second kappa shape index (κ2) is 6.01. The molecule has 0 amide bonds. The van der Waals surface area contributed by atoms with Crippen LogP contribution in [0.5, 0.6) is 0 Å². The van der Waals surface area contributed by atoms with Crippen molar-refractivity contribution in [2.75, 3.05) is 0 Å². The maximum absolute atomic E-state index is 10.1. The molecule has 1 fully saturated rings. The molecule has 0 unspecified atom stereocenters. The van der Waals surface area contributed by atoms with Gasteiger partial charge in [0.1, 0.15) is 6.10 Å². The van der Waals surface area contributed by atoms with Gasteiger partial charge in [0.25, 0.3) is 6.47 Å². The molecule has 1 rings (SSSR count). The summed E-state index contributed by atoms with van der Waals surface area (Å²) in [7, 11) is 0. The molecule has 0 aromatic carbocycles. The summed E-state index contributed by atoms with van der Waals surface area (Å²) in [5.74, 6) is 0.895. The van der Waals surface area contributed by atoms with Crippen molar-refractivity contribution in [2.45, 2.75) is 58.0 Å². The fourth-order valence-electron chi connectivity index (χ4n) is 2.13. The lowest BCUT2D eigenvalue weighted by molar-refractivity contribution is -0.135. The Labute approximate surface area is 80.7 Å². The summed E-state index contributed by atoms with van der Waals surface area (Å²) in [6.45, 7) is 2.83. The molecule has 76 valence electrons. The second-order valence-corrected chi connectivity index (χ2v) is 4.02. The van der Waals surface area contributed by atoms with E-state index >= 15 is 0 Å². The SMILES string of the molecule is CCCCC1CCC(OC=O)CC1. The second-order valence-electron chi connectivity index (χ2n) is 4.02. The quantitative estimate of drug-likeness (QED) is 0.614. The molecular weight excluding hydrogens is 164 g/mol. The number of hydrogen-bond acceptors (Lipinski definition) is 2. The Morgan fingerprint density at radius 2 is 2.00 bits per heavy atom. The van der Waals surface area contributed by atoms with Gasteiger partial charge >= 0.3 is 0 Å². The number of carbonyl (C=O) groups is 1. The summed E-state index contributed by atoms with van der Waals surface area (Å²) in [6, 6.07) is 0. The smallest absolute Gasteiger partial charge is 0.293 e. The first-order valence-corrected chi connectivity index (χ1v) is 5.46. The van der Waals surface area contributed by atoms with Gasteiger partial charge in [0.2, 0.25) is 0 Å². The molecule has 0 atom stereocenters. The van der Waals surface area contributed by atoms with E-state index in [0.29, 0.717) is 6.47 Å². The Kier molecular flexibility index (Phi) is 4.87. The first kappa shape index (κ1) is 10.6. The van der Waals surface area contributed by atoms with Crippen LogP contribution >= 0.6 is 0 Å². The Balaban J connectivity index is 2.11. The van der Waals surface area contributed by atoms with Crippen LogP contribution in [0.4, 0.5) is 0 Å². The lowest BCUT2D eigenvalue weighted by Gasteiger charge is -2.27. The Hall–Kier alpha value is -0.530. The van der Waals surface area contributed by atoms with Crippen molar-refractivity contribution in [3.63, 3.8) is 0 Å². The highest BCUT2D eigenvalue weighted by Gasteiger charge is 2.21. The molecule has 1 aliphatic carbocycles. The van der Waals surface area contributed by atoms with Crippen LogP contribution in [0, 0.1) is 5.92 Å². The van der Waals surface area contributed by atoms with Gasteiger partial charge in [0, 0.05) is 0 Å². The van der Waals surface area contributed by atoms with Crippen LogP contribution in [0.2, 0.25) is 0 Å². The molecule has 1 saturated carbocycles. The highest BCUT2D eigenvalue weighted by Crippen LogP contribution is 2.29. The third-order valence-electron chi connectivity index (χ3n) is 3.01. The van der Waals surface area contributed by atoms with Crippen molar-refractivity contribution < 1.29 is 9.53 Å². The van der Waals surface area contributed by atoms with Gasteiger partial charge in [0.05, 0.1) is 0 Å². The monoisotopic (exact) mass is 184 g/mol. The number of carbonyl (C=O) groups excluding carboxylic acids is 1. The molecule has 0 bridgehead atoms. The predicted octanol–water partition coefficient (Wildman–Crippen LogP) is 2.91. The summed E-state index contributed by atoms with van der Waals surface area (Å²) in [4.78, 5) is 10.1. The van der Waals surface area contributed by atoms with Crippen LogP contribution in [0.3, 0.4) is 0 Å². The number of hydrogen-bond donors (Lipinski definition) is 0. The summed E-state index contributed by atoms with van der Waals surface area (Å²) in [5.41, 5.74) is 0. The molecule has 0 aromatic heterocycles. The van der Waals surface area contributed by atoms with Crippen molar-refractivity contribution >= 4 is 6.47 Å². The summed E-state index contributed by atoms with van der Waals surface area (Å²) >= 11 is 0. The molecule has 0 spiro atoms. The van der Waals surface area contributed by atoms with E-state index in [1.807, 2.05) is 0 Å². The van der Waals surface area contributed by atoms with E-state index in [1.165, 1.54) is 32.1 Å². The van der Waals surface area contributed by atoms with Gasteiger partial charge in [-0.2, -0.15) is 0 Å². The van der Waals surface area contributed by atoms with Crippen LogP contribution < -0.4 is 0 Å². The minimum Gasteiger partial charge on any atom is -0.465 e. The van der Waals surface area contributed by atoms with Gasteiger partial charge in [-0.05, 0) is 31.6 Å². The van der Waals surface area contributed by atoms with Crippen molar-refractivity contribution in [2.24, 2.45) is 5.92 Å². The fraction of sp³-hybridized carbons (Fsp3) is 0.909. The largest absolute Gasteiger partial charge is 0.465 e. The maximum atomic E-state index is 10.1. The van der Waals surface area contributed by atoms with Gasteiger partial charge in [0.15, 0.2) is 0 Å². The van der Waals surface area contributed by atoms with Gasteiger partial charge in [-0.15, -0.1) is 0 Å². The highest BCUT2D eigenvalue weighted by molar-refractivity contribution is 5.37. The zero-order valence-electron chi connectivity index (χ0n) is 8.50. The minimum atomic E-state index is 0.218. The Morgan fingerprint density at radius 3 is 2.54 bits per heavy atom. The summed E-state index contributed by atoms with van der Waals surface area (Å²) in [5, 5.41) is 0. The van der Waals surface area contributed by atoms with E-state index in [2.05, 4.69) is 6.92 Å². The molecule has 0 aliphatic heterocycles. The predicted molar refractivity (Wildman–Crippen MR) is 52.4 cm³/mol. The molecule has 0 saturated heterocycles. The molecule has 0 heterocycles. The molecule has 0 N–H and O–H groups in total. The van der Waals surface area contributed by atoms with E-state index in [4.69, 9.17) is 4.74 Å². The van der Waals surface area contributed by atoms with Crippen molar-refractivity contribution in [1.29, 1.82) is 0 Å². The zero-order valence-corrected chi connectivity index (χ0v) is 8.50. The van der Waals surface area contributed by atoms with Crippen LogP contribution in [-0.4, -0.2) is 12.6 Å². The van der Waals surface area contributed by atoms with E-state index in [9.17, 15) is 4.79 Å². The standard InChI is InChI=1S/C11H20O2/c1-2-3-4-10-5-7-11(8-6-10)13-9-12/h9-11H,2-8H2,1H3. The first-order valence-electron chi connectivity index (χ1n) is 5.46. The first-order chi connectivity index (χ1) is 6.36. The van der Waals surface area contributed by atoms with Crippen LogP contribution in [0.25, 0.3) is 0 Å². The molecule has 0 radical (unpaired) electrons. The van der Waals surface area contributed by atoms with E-state index in [1.54, 1.807) is 0 Å². The van der Waals surface area contributed by atoms with Gasteiger partial charge in [-0.25, -0.2) is 0 Å². The van der Waals surface area contributed by atoms with Crippen molar-refractivity contribution in [3.05, 3.63) is 0 Å². The van der Waals surface area contributed by atoms with Crippen LogP contribution in [0.15, 0.2) is 0 Å². The van der Waals surface area contributed by atoms with Crippen molar-refractivity contribution in [3.8, 4) is 0 Å². The van der Waals surface area contributed by atoms with Crippen molar-refractivity contribution in [1.82, 2.24) is 0 Å². The fourth-order valence-corrected chi connectivity index (χ4v) is 2.13. The number of unbranched alkanes of at least 4 members (excludes halogenated alkanes) is 1. The van der Waals surface area contributed by atoms with E-state index in [0.717, 1.165) is 18.8 Å². The maximum Gasteiger partial charge on any atom is 0.293 e. The lowest BCUT2D eigenvalue weighted by atomic mass is 9.84. The van der Waals surface area contributed by atoms with E-state index < -0.39 is 0 Å². The highest BCUT2D eigenvalue weighted by atomic mass is 16.5. The van der Waals surface area contributed by atoms with Gasteiger partial charge in [-0.3, -0.25) is 4.79 Å². The third-order valence-corrected chi connectivity index (χ3v) is 3.01. The average Bonchev–Trinajstić information content (AvgIpc) is 2.17. The topological polar surface area (TPSA) is 26.3 Å². The molecule has 1 aliphatic rings. The lowest BCUT2D eigenvalue weighted by Crippen LogP contribution is -2.21. The molecule has 2 nitrogen and oxygen atoms in total. The Morgan fingerprint density at radius 1 is 1.31 bits per heavy atom. The van der Waals surface area contributed by atoms with Gasteiger partial charge < -0.3 is 4.74 Å². The number of ether oxygens (including phenoxy) is 1. The molecule has 0 aromatic rings. The summed E-state index contributed by atoms with van der Waals surface area (Å²) < 4.78 is 4.96. The van der Waals surface area contributed by atoms with Crippen LogP contribution in [0.1, 0.15) is 51.9 Å². The van der Waals surface area contributed by atoms with E-state index in [-0.39, 0.29) is 6.10 Å².